The zero-order valence-corrected chi connectivity index (χ0v) is 26.1. The van der Waals surface area contributed by atoms with Gasteiger partial charge in [-0.25, -0.2) is 14.8 Å². The normalized spacial score (nSPS) is 10.8. The van der Waals surface area contributed by atoms with E-state index >= 15 is 0 Å². The highest BCUT2D eigenvalue weighted by atomic mass is 16.5. The number of nitrogens with one attached hydrogen (secondary N) is 3. The maximum Gasteiger partial charge on any atom is 0.335 e. The number of rotatable bonds is 6. The Balaban J connectivity index is 0.000000767. The van der Waals surface area contributed by atoms with Gasteiger partial charge in [0.25, 0.3) is 11.8 Å². The molecule has 4 rings (SSSR count). The van der Waals surface area contributed by atoms with Crippen LogP contribution in [0.2, 0.25) is 0 Å². The first-order valence-corrected chi connectivity index (χ1v) is 13.6. The number of nitrogen functional groups attached to an aromatic ring is 1. The van der Waals surface area contributed by atoms with Crippen LogP contribution in [0.1, 0.15) is 79.2 Å². The number of ether oxygens (including phenoxy) is 1. The van der Waals surface area contributed by atoms with Gasteiger partial charge in [0.2, 0.25) is 0 Å². The third-order valence-electron chi connectivity index (χ3n) is 4.74. The third-order valence-corrected chi connectivity index (χ3v) is 4.74. The summed E-state index contributed by atoms with van der Waals surface area (Å²) < 4.78 is 5.27. The van der Waals surface area contributed by atoms with Crippen LogP contribution in [0.15, 0.2) is 54.9 Å². The fourth-order valence-electron chi connectivity index (χ4n) is 2.93. The number of hydrogen-bond donors (Lipinski definition) is 6. The SMILES string of the molecule is C=O.CC.CC(C)(C)C.N=C(N)c1cc(C(=O)NCc2ccc3c(c2)NC(=O)CO3)ncn1.NCc1ccc(C(=O)O)cc1. The molecule has 8 N–H and O–H groups in total. The number of carbonyl (C=O) groups is 4. The molecule has 13 nitrogen and oxygen atoms in total. The quantitative estimate of drug-likeness (QED) is 0.175. The maximum absolute atomic E-state index is 12.1. The number of amidine groups is 1. The molecule has 1 aliphatic rings. The van der Waals surface area contributed by atoms with E-state index < -0.39 is 11.9 Å². The molecule has 3 aromatic rings. The van der Waals surface area contributed by atoms with Crippen molar-refractivity contribution in [3.63, 3.8) is 0 Å². The Hall–Kier alpha value is -5.17. The summed E-state index contributed by atoms with van der Waals surface area (Å²) in [4.78, 5) is 49.5. The largest absolute Gasteiger partial charge is 0.482 e. The fourth-order valence-corrected chi connectivity index (χ4v) is 2.93. The summed E-state index contributed by atoms with van der Waals surface area (Å²) in [6.45, 7) is 15.4. The summed E-state index contributed by atoms with van der Waals surface area (Å²) in [6.07, 6.45) is 1.18. The second-order valence-electron chi connectivity index (χ2n) is 10.3. The number of carboxylic acids is 1. The fraction of sp³-hybridized carbons (Fsp3) is 0.323. The Kier molecular flexibility index (Phi) is 17.5. The lowest BCUT2D eigenvalue weighted by Gasteiger charge is -2.18. The Morgan fingerprint density at radius 1 is 1.02 bits per heavy atom. The molecular formula is C31H43N7O6. The van der Waals surface area contributed by atoms with Crippen LogP contribution in [0.5, 0.6) is 5.75 Å². The molecule has 2 heterocycles. The minimum absolute atomic E-state index is 0.00469. The van der Waals surface area contributed by atoms with Gasteiger partial charge in [0.15, 0.2) is 6.61 Å². The number of benzene rings is 2. The van der Waals surface area contributed by atoms with Crippen molar-refractivity contribution in [2.45, 2.75) is 54.6 Å². The van der Waals surface area contributed by atoms with Gasteiger partial charge < -0.3 is 36.7 Å². The summed E-state index contributed by atoms with van der Waals surface area (Å²) in [5.74, 6) is -1.20. The molecule has 2 aromatic carbocycles. The molecule has 0 saturated carbocycles. The minimum Gasteiger partial charge on any atom is -0.482 e. The average molecular weight is 610 g/mol. The van der Waals surface area contributed by atoms with E-state index in [0.717, 1.165) is 11.1 Å². The van der Waals surface area contributed by atoms with Crippen molar-refractivity contribution in [3.8, 4) is 5.75 Å². The van der Waals surface area contributed by atoms with Crippen LogP contribution >= 0.6 is 0 Å². The number of carboxylic acid groups (broad SMARTS) is 1. The van der Waals surface area contributed by atoms with E-state index in [1.165, 1.54) is 12.4 Å². The second-order valence-corrected chi connectivity index (χ2v) is 10.3. The minimum atomic E-state index is -0.909. The molecular weight excluding hydrogens is 566 g/mol. The van der Waals surface area contributed by atoms with Crippen LogP contribution < -0.4 is 26.8 Å². The lowest BCUT2D eigenvalue weighted by atomic mass is 10.0. The number of fused-ring (bicyclic) bond motifs is 1. The van der Waals surface area contributed by atoms with E-state index in [4.69, 9.17) is 31.5 Å². The summed E-state index contributed by atoms with van der Waals surface area (Å²) in [5.41, 5.74) is 14.1. The van der Waals surface area contributed by atoms with Gasteiger partial charge in [-0.2, -0.15) is 0 Å². The molecule has 0 atom stereocenters. The van der Waals surface area contributed by atoms with Gasteiger partial charge in [0.1, 0.15) is 36.1 Å². The van der Waals surface area contributed by atoms with Crippen LogP contribution in [0.25, 0.3) is 0 Å². The molecule has 0 spiro atoms. The van der Waals surface area contributed by atoms with Crippen molar-refractivity contribution in [1.29, 1.82) is 5.41 Å². The molecule has 0 saturated heterocycles. The molecule has 0 unspecified atom stereocenters. The first kappa shape index (κ1) is 38.8. The number of amides is 2. The van der Waals surface area contributed by atoms with Crippen molar-refractivity contribution in [1.82, 2.24) is 15.3 Å². The summed E-state index contributed by atoms with van der Waals surface area (Å²) in [5, 5.41) is 21.3. The van der Waals surface area contributed by atoms with Crippen molar-refractivity contribution < 1.29 is 29.0 Å². The molecule has 0 bridgehead atoms. The first-order valence-electron chi connectivity index (χ1n) is 13.6. The Bertz CT molecular complexity index is 1370. The number of aromatic carboxylic acids is 1. The smallest absolute Gasteiger partial charge is 0.335 e. The van der Waals surface area contributed by atoms with E-state index in [9.17, 15) is 14.4 Å². The zero-order valence-electron chi connectivity index (χ0n) is 26.1. The highest BCUT2D eigenvalue weighted by molar-refractivity contribution is 5.97. The highest BCUT2D eigenvalue weighted by Gasteiger charge is 2.16. The van der Waals surface area contributed by atoms with E-state index in [1.807, 2.05) is 20.6 Å². The second kappa shape index (κ2) is 19.9. The third kappa shape index (κ3) is 15.2. The highest BCUT2D eigenvalue weighted by Crippen LogP contribution is 2.28. The first-order chi connectivity index (χ1) is 20.8. The molecule has 0 fully saturated rings. The predicted octanol–water partition coefficient (Wildman–Crippen LogP) is 3.76. The van der Waals surface area contributed by atoms with Gasteiger partial charge in [0.05, 0.1) is 11.3 Å². The molecule has 1 aliphatic heterocycles. The Labute approximate surface area is 257 Å². The van der Waals surface area contributed by atoms with Gasteiger partial charge in [-0.3, -0.25) is 15.0 Å². The molecule has 238 valence electrons. The average Bonchev–Trinajstić information content (AvgIpc) is 3.01. The Morgan fingerprint density at radius 2 is 1.57 bits per heavy atom. The van der Waals surface area contributed by atoms with Crippen LogP contribution in [0, 0.1) is 10.8 Å². The number of anilines is 1. The molecule has 0 aliphatic carbocycles. The van der Waals surface area contributed by atoms with Crippen LogP contribution in [-0.4, -0.2) is 52.1 Å². The zero-order chi connectivity index (χ0) is 33.9. The van der Waals surface area contributed by atoms with Gasteiger partial charge >= 0.3 is 5.97 Å². The molecule has 0 radical (unpaired) electrons. The molecule has 44 heavy (non-hydrogen) atoms. The number of nitrogens with zero attached hydrogens (tertiary/aromatic N) is 2. The predicted molar refractivity (Wildman–Crippen MR) is 170 cm³/mol. The van der Waals surface area contributed by atoms with Crippen molar-refractivity contribution in [3.05, 3.63) is 82.9 Å². The summed E-state index contributed by atoms with van der Waals surface area (Å²) in [6, 6.07) is 13.1. The van der Waals surface area contributed by atoms with E-state index in [1.54, 1.807) is 42.5 Å². The van der Waals surface area contributed by atoms with E-state index in [0.29, 0.717) is 29.0 Å². The van der Waals surface area contributed by atoms with Crippen LogP contribution in [-0.2, 0) is 22.7 Å². The lowest BCUT2D eigenvalue weighted by Crippen LogP contribution is -2.26. The Morgan fingerprint density at radius 3 is 2.09 bits per heavy atom. The topological polar surface area (TPSA) is 223 Å². The number of nitrogens with two attached hydrogens (primary N) is 2. The van der Waals surface area contributed by atoms with Gasteiger partial charge in [-0.05, 0) is 46.9 Å². The molecule has 2 amide bonds. The monoisotopic (exact) mass is 609 g/mol. The summed E-state index contributed by atoms with van der Waals surface area (Å²) >= 11 is 0. The van der Waals surface area contributed by atoms with Gasteiger partial charge in [-0.15, -0.1) is 0 Å². The van der Waals surface area contributed by atoms with Crippen molar-refractivity contribution >= 4 is 36.1 Å². The number of carbonyl (C=O) groups excluding carboxylic acids is 3. The molecule has 1 aromatic heterocycles. The van der Waals surface area contributed by atoms with Crippen molar-refractivity contribution in [2.75, 3.05) is 11.9 Å². The van der Waals surface area contributed by atoms with Crippen LogP contribution in [0.3, 0.4) is 0 Å². The van der Waals surface area contributed by atoms with Gasteiger partial charge in [0, 0.05) is 13.1 Å². The maximum atomic E-state index is 12.1. The number of aromatic nitrogens is 2. The van der Waals surface area contributed by atoms with Crippen molar-refractivity contribution in [2.24, 2.45) is 16.9 Å². The number of hydrogen-bond acceptors (Lipinski definition) is 9. The summed E-state index contributed by atoms with van der Waals surface area (Å²) in [7, 11) is 0. The standard InChI is InChI=1S/C15H14N6O3.C8H9NO2.C5H12.C2H6.CH2O/c16-14(17)10-4-11(20-7-19-10)15(23)18-5-8-1-2-12-9(3-8)21-13(22)6-24-12;9-5-6-1-3-7(4-2-6)8(10)11;1-5(2,3)4;2*1-2/h1-4,7H,5-6H2,(H3,16,17)(H,18,23)(H,21,22);1-4H,5,9H2,(H,10,11);1-4H3;1-2H3;1H2. The van der Waals surface area contributed by atoms with E-state index in [-0.39, 0.29) is 36.3 Å². The van der Waals surface area contributed by atoms with E-state index in [2.05, 4.69) is 48.3 Å². The van der Waals surface area contributed by atoms with Crippen LogP contribution in [0.4, 0.5) is 5.69 Å². The lowest BCUT2D eigenvalue weighted by molar-refractivity contribution is -0.118. The van der Waals surface area contributed by atoms with Gasteiger partial charge in [-0.1, -0.05) is 59.7 Å². The molecule has 13 heteroatoms.